The summed E-state index contributed by atoms with van der Waals surface area (Å²) in [5.41, 5.74) is 0.887. The quantitative estimate of drug-likeness (QED) is 0.382. The predicted octanol–water partition coefficient (Wildman–Crippen LogP) is 3.62. The monoisotopic (exact) mass is 333 g/mol. The predicted molar refractivity (Wildman–Crippen MR) is 94.0 cm³/mol. The van der Waals surface area contributed by atoms with E-state index < -0.39 is 0 Å². The maximum atomic E-state index is 11.8. The van der Waals surface area contributed by atoms with Gasteiger partial charge in [0.1, 0.15) is 0 Å². The molecule has 1 N–H and O–H groups in total. The number of hydrogen-bond acceptors (Lipinski definition) is 4. The van der Waals surface area contributed by atoms with E-state index in [1.165, 1.54) is 7.11 Å². The molecule has 0 atom stereocenters. The number of nitrogens with one attached hydrogen (secondary N) is 1. The summed E-state index contributed by atoms with van der Waals surface area (Å²) in [7, 11) is 1.50. The number of allylic oxidation sites excluding steroid dienone is 2. The van der Waals surface area contributed by atoms with Gasteiger partial charge in [-0.15, -0.1) is 0 Å². The van der Waals surface area contributed by atoms with Crippen LogP contribution >= 0.6 is 0 Å². The molecule has 1 aromatic carbocycles. The van der Waals surface area contributed by atoms with Gasteiger partial charge in [0, 0.05) is 13.0 Å². The fourth-order valence-corrected chi connectivity index (χ4v) is 2.18. The summed E-state index contributed by atoms with van der Waals surface area (Å²) in [6, 6.07) is 5.18. The summed E-state index contributed by atoms with van der Waals surface area (Å²) in [6.07, 6.45) is 7.80. The smallest absolute Gasteiger partial charge is 0.298 e. The SMILES string of the molecule is COc1cc(CNC(=O)CCCC/C=C/C(C)C)ccc1OC=O. The fraction of sp³-hybridized carbons (Fsp3) is 0.474. The summed E-state index contributed by atoms with van der Waals surface area (Å²) in [4.78, 5) is 22.3. The second-order valence-electron chi connectivity index (χ2n) is 5.89. The van der Waals surface area contributed by atoms with Crippen LogP contribution in [-0.2, 0) is 16.1 Å². The van der Waals surface area contributed by atoms with E-state index in [1.807, 2.05) is 0 Å². The molecule has 0 bridgehead atoms. The highest BCUT2D eigenvalue weighted by Crippen LogP contribution is 2.27. The highest BCUT2D eigenvalue weighted by atomic mass is 16.5. The van der Waals surface area contributed by atoms with Crippen LogP contribution in [0.1, 0.15) is 45.1 Å². The highest BCUT2D eigenvalue weighted by Gasteiger charge is 2.07. The molecule has 0 heterocycles. The molecule has 0 aliphatic heterocycles. The summed E-state index contributed by atoms with van der Waals surface area (Å²) >= 11 is 0. The summed E-state index contributed by atoms with van der Waals surface area (Å²) in [5.74, 6) is 1.44. The van der Waals surface area contributed by atoms with Crippen molar-refractivity contribution in [3.8, 4) is 11.5 Å². The zero-order valence-corrected chi connectivity index (χ0v) is 14.7. The Labute approximate surface area is 144 Å². The molecule has 0 aromatic heterocycles. The number of carbonyl (C=O) groups is 2. The van der Waals surface area contributed by atoms with Crippen molar-refractivity contribution in [3.63, 3.8) is 0 Å². The maximum Gasteiger partial charge on any atom is 0.298 e. The number of ether oxygens (including phenoxy) is 2. The van der Waals surface area contributed by atoms with Gasteiger partial charge in [-0.2, -0.15) is 0 Å². The third-order valence-electron chi connectivity index (χ3n) is 3.44. The summed E-state index contributed by atoms with van der Waals surface area (Å²) < 4.78 is 9.97. The number of carbonyl (C=O) groups excluding carboxylic acids is 2. The number of methoxy groups -OCH3 is 1. The fourth-order valence-electron chi connectivity index (χ4n) is 2.18. The van der Waals surface area contributed by atoms with E-state index in [2.05, 4.69) is 31.3 Å². The Morgan fingerprint density at radius 2 is 2.04 bits per heavy atom. The van der Waals surface area contributed by atoms with Crippen molar-refractivity contribution in [1.82, 2.24) is 5.32 Å². The molecule has 0 saturated heterocycles. The topological polar surface area (TPSA) is 64.6 Å². The van der Waals surface area contributed by atoms with Gasteiger partial charge in [-0.25, -0.2) is 0 Å². The van der Waals surface area contributed by atoms with Gasteiger partial charge in [0.05, 0.1) is 7.11 Å². The first-order chi connectivity index (χ1) is 11.6. The molecule has 1 aromatic rings. The number of hydrogen-bond donors (Lipinski definition) is 1. The van der Waals surface area contributed by atoms with Gasteiger partial charge < -0.3 is 14.8 Å². The molecule has 0 aliphatic rings. The Hall–Kier alpha value is -2.30. The zero-order chi connectivity index (χ0) is 17.8. The Balaban J connectivity index is 2.32. The number of benzene rings is 1. The highest BCUT2D eigenvalue weighted by molar-refractivity contribution is 5.75. The average molecular weight is 333 g/mol. The van der Waals surface area contributed by atoms with Crippen LogP contribution in [0.5, 0.6) is 11.5 Å². The van der Waals surface area contributed by atoms with Crippen molar-refractivity contribution in [2.24, 2.45) is 5.92 Å². The molecule has 5 heteroatoms. The number of unbranched alkanes of at least 4 members (excludes halogenated alkanes) is 2. The third kappa shape index (κ3) is 7.81. The van der Waals surface area contributed by atoms with Crippen molar-refractivity contribution < 1.29 is 19.1 Å². The molecule has 1 rings (SSSR count). The van der Waals surface area contributed by atoms with E-state index in [-0.39, 0.29) is 5.91 Å². The number of rotatable bonds is 11. The van der Waals surface area contributed by atoms with Crippen LogP contribution in [0, 0.1) is 5.92 Å². The molecule has 5 nitrogen and oxygen atoms in total. The van der Waals surface area contributed by atoms with Crippen molar-refractivity contribution >= 4 is 12.4 Å². The zero-order valence-electron chi connectivity index (χ0n) is 14.7. The van der Waals surface area contributed by atoms with E-state index in [9.17, 15) is 9.59 Å². The minimum absolute atomic E-state index is 0.0371. The Kier molecular flexibility index (Phi) is 9.27. The molecule has 0 unspecified atom stereocenters. The first kappa shape index (κ1) is 19.7. The molecule has 1 amide bonds. The van der Waals surface area contributed by atoms with Crippen LogP contribution in [0.3, 0.4) is 0 Å². The van der Waals surface area contributed by atoms with Gasteiger partial charge >= 0.3 is 0 Å². The first-order valence-corrected chi connectivity index (χ1v) is 8.27. The van der Waals surface area contributed by atoms with Gasteiger partial charge in [0.25, 0.3) is 6.47 Å². The normalized spacial score (nSPS) is 10.8. The van der Waals surface area contributed by atoms with Crippen LogP contribution in [0.15, 0.2) is 30.4 Å². The lowest BCUT2D eigenvalue weighted by Gasteiger charge is -2.09. The van der Waals surface area contributed by atoms with Crippen LogP contribution in [0.2, 0.25) is 0 Å². The largest absolute Gasteiger partial charge is 0.493 e. The van der Waals surface area contributed by atoms with Crippen molar-refractivity contribution in [3.05, 3.63) is 35.9 Å². The van der Waals surface area contributed by atoms with Crippen molar-refractivity contribution in [2.45, 2.75) is 46.1 Å². The molecule has 24 heavy (non-hydrogen) atoms. The van der Waals surface area contributed by atoms with E-state index in [4.69, 9.17) is 9.47 Å². The standard InChI is InChI=1S/C19H27NO4/c1-15(2)8-6-4-5-7-9-19(22)20-13-16-10-11-17(24-14-21)18(12-16)23-3/h6,8,10-12,14-15H,4-5,7,9,13H2,1-3H3,(H,20,22)/b8-6+. The molecule has 0 saturated carbocycles. The minimum atomic E-state index is 0.0371. The lowest BCUT2D eigenvalue weighted by Crippen LogP contribution is -2.22. The van der Waals surface area contributed by atoms with Crippen molar-refractivity contribution in [1.29, 1.82) is 0 Å². The minimum Gasteiger partial charge on any atom is -0.493 e. The Morgan fingerprint density at radius 1 is 1.25 bits per heavy atom. The second kappa shape index (κ2) is 11.3. The molecular weight excluding hydrogens is 306 g/mol. The summed E-state index contributed by atoms with van der Waals surface area (Å²) in [6.45, 7) is 5.08. The van der Waals surface area contributed by atoms with Crippen molar-refractivity contribution in [2.75, 3.05) is 7.11 Å². The van der Waals surface area contributed by atoms with Crippen LogP contribution in [0.4, 0.5) is 0 Å². The van der Waals surface area contributed by atoms with Crippen LogP contribution < -0.4 is 14.8 Å². The Bertz CT molecular complexity index is 552. The molecule has 0 fully saturated rings. The third-order valence-corrected chi connectivity index (χ3v) is 3.44. The lowest BCUT2D eigenvalue weighted by molar-refractivity contribution is -0.121. The number of amides is 1. The first-order valence-electron chi connectivity index (χ1n) is 8.27. The van der Waals surface area contributed by atoms with Gasteiger partial charge in [-0.3, -0.25) is 9.59 Å². The van der Waals surface area contributed by atoms with Gasteiger partial charge in [0.2, 0.25) is 5.91 Å². The second-order valence-corrected chi connectivity index (χ2v) is 5.89. The van der Waals surface area contributed by atoms with E-state index in [1.54, 1.807) is 18.2 Å². The van der Waals surface area contributed by atoms with Gasteiger partial charge in [-0.1, -0.05) is 32.1 Å². The maximum absolute atomic E-state index is 11.8. The lowest BCUT2D eigenvalue weighted by atomic mass is 10.1. The van der Waals surface area contributed by atoms with Gasteiger partial charge in [0.15, 0.2) is 11.5 Å². The molecule has 0 aliphatic carbocycles. The van der Waals surface area contributed by atoms with Crippen LogP contribution in [0.25, 0.3) is 0 Å². The van der Waals surface area contributed by atoms with Crippen LogP contribution in [-0.4, -0.2) is 19.5 Å². The van der Waals surface area contributed by atoms with E-state index in [0.717, 1.165) is 24.8 Å². The van der Waals surface area contributed by atoms with E-state index >= 15 is 0 Å². The van der Waals surface area contributed by atoms with E-state index in [0.29, 0.717) is 36.9 Å². The molecule has 132 valence electrons. The summed E-state index contributed by atoms with van der Waals surface area (Å²) in [5, 5.41) is 2.89. The molecule has 0 radical (unpaired) electrons. The molecule has 0 spiro atoms. The molecular formula is C19H27NO4. The van der Waals surface area contributed by atoms with Gasteiger partial charge in [-0.05, 0) is 42.9 Å². The average Bonchev–Trinajstić information content (AvgIpc) is 2.57. The Morgan fingerprint density at radius 3 is 2.71 bits per heavy atom.